The van der Waals surface area contributed by atoms with Crippen LogP contribution in [0.1, 0.15) is 24.0 Å². The predicted molar refractivity (Wildman–Crippen MR) is 94.9 cm³/mol. The zero-order valence-corrected chi connectivity index (χ0v) is 15.0. The van der Waals surface area contributed by atoms with Gasteiger partial charge in [0.1, 0.15) is 10.8 Å². The molecule has 0 aliphatic heterocycles. The Balaban J connectivity index is 2.06. The monoisotopic (exact) mass is 359 g/mol. The molecule has 1 saturated carbocycles. The van der Waals surface area contributed by atoms with Crippen molar-refractivity contribution in [3.05, 3.63) is 65.7 Å². The van der Waals surface area contributed by atoms with Crippen LogP contribution in [0.2, 0.25) is 0 Å². The smallest absolute Gasteiger partial charge is 0.328 e. The van der Waals surface area contributed by atoms with Gasteiger partial charge in [0.2, 0.25) is 0 Å². The molecule has 3 atom stereocenters. The van der Waals surface area contributed by atoms with Crippen LogP contribution in [0.15, 0.2) is 59.5 Å². The van der Waals surface area contributed by atoms with Gasteiger partial charge in [-0.05, 0) is 31.5 Å². The average molecular weight is 359 g/mol. The summed E-state index contributed by atoms with van der Waals surface area (Å²) in [5.74, 6) is -1.30. The zero-order chi connectivity index (χ0) is 18.2. The van der Waals surface area contributed by atoms with Crippen molar-refractivity contribution < 1.29 is 17.9 Å². The molecule has 0 heterocycles. The SMILES string of the molecule is CCOC(=O)[C@]1(N)[C@H](c2ccc(C)cc2)[C@@H]1S(=O)(=O)c1ccccc1. The third-order valence-electron chi connectivity index (χ3n) is 4.65. The maximum Gasteiger partial charge on any atom is 0.328 e. The van der Waals surface area contributed by atoms with E-state index in [1.165, 1.54) is 12.1 Å². The van der Waals surface area contributed by atoms with Gasteiger partial charge in [-0.15, -0.1) is 0 Å². The molecule has 3 rings (SSSR count). The molecule has 0 amide bonds. The van der Waals surface area contributed by atoms with E-state index in [0.29, 0.717) is 0 Å². The van der Waals surface area contributed by atoms with E-state index in [4.69, 9.17) is 10.5 Å². The van der Waals surface area contributed by atoms with Crippen molar-refractivity contribution in [2.75, 3.05) is 6.61 Å². The molecule has 132 valence electrons. The summed E-state index contributed by atoms with van der Waals surface area (Å²) < 4.78 is 31.2. The van der Waals surface area contributed by atoms with E-state index < -0.39 is 32.5 Å². The Morgan fingerprint density at radius 1 is 1.12 bits per heavy atom. The van der Waals surface area contributed by atoms with Crippen LogP contribution in [0.5, 0.6) is 0 Å². The fourth-order valence-electron chi connectivity index (χ4n) is 3.29. The van der Waals surface area contributed by atoms with Gasteiger partial charge in [-0.1, -0.05) is 48.0 Å². The minimum Gasteiger partial charge on any atom is -0.465 e. The lowest BCUT2D eigenvalue weighted by Crippen LogP contribution is -2.41. The molecule has 0 unspecified atom stereocenters. The van der Waals surface area contributed by atoms with Gasteiger partial charge in [0, 0.05) is 5.92 Å². The van der Waals surface area contributed by atoms with Crippen LogP contribution in [0.3, 0.4) is 0 Å². The second-order valence-electron chi connectivity index (χ2n) is 6.32. The number of sulfone groups is 1. The maximum atomic E-state index is 13.1. The molecule has 0 bridgehead atoms. The Morgan fingerprint density at radius 3 is 2.28 bits per heavy atom. The maximum absolute atomic E-state index is 13.1. The van der Waals surface area contributed by atoms with Crippen LogP contribution in [0, 0.1) is 6.92 Å². The summed E-state index contributed by atoms with van der Waals surface area (Å²) in [7, 11) is -3.77. The Hall–Kier alpha value is -2.18. The molecule has 0 saturated heterocycles. The third-order valence-corrected chi connectivity index (χ3v) is 6.91. The molecule has 1 aliphatic rings. The lowest BCUT2D eigenvalue weighted by atomic mass is 10.1. The van der Waals surface area contributed by atoms with Gasteiger partial charge in [0.15, 0.2) is 9.84 Å². The molecule has 25 heavy (non-hydrogen) atoms. The molecule has 1 fully saturated rings. The van der Waals surface area contributed by atoms with Crippen molar-refractivity contribution in [3.63, 3.8) is 0 Å². The van der Waals surface area contributed by atoms with Crippen molar-refractivity contribution in [1.29, 1.82) is 0 Å². The number of aryl methyl sites for hydroxylation is 1. The molecule has 6 heteroatoms. The summed E-state index contributed by atoms with van der Waals surface area (Å²) >= 11 is 0. The van der Waals surface area contributed by atoms with E-state index in [9.17, 15) is 13.2 Å². The lowest BCUT2D eigenvalue weighted by molar-refractivity contribution is -0.145. The number of benzene rings is 2. The summed E-state index contributed by atoms with van der Waals surface area (Å²) in [6.45, 7) is 3.76. The van der Waals surface area contributed by atoms with Gasteiger partial charge in [-0.2, -0.15) is 0 Å². The highest BCUT2D eigenvalue weighted by Crippen LogP contribution is 2.56. The number of rotatable bonds is 5. The number of hydrogen-bond acceptors (Lipinski definition) is 5. The van der Waals surface area contributed by atoms with Crippen molar-refractivity contribution in [2.45, 2.75) is 35.4 Å². The highest BCUT2D eigenvalue weighted by Gasteiger charge is 2.74. The number of carbonyl (C=O) groups excluding carboxylic acids is 1. The summed E-state index contributed by atoms with van der Waals surface area (Å²) in [5.41, 5.74) is 6.51. The van der Waals surface area contributed by atoms with Crippen LogP contribution in [-0.2, 0) is 19.4 Å². The highest BCUT2D eigenvalue weighted by atomic mass is 32.2. The summed E-state index contributed by atoms with van der Waals surface area (Å²) in [6.07, 6.45) is 0. The topological polar surface area (TPSA) is 86.5 Å². The van der Waals surface area contributed by atoms with E-state index >= 15 is 0 Å². The van der Waals surface area contributed by atoms with Crippen molar-refractivity contribution in [2.24, 2.45) is 5.73 Å². The summed E-state index contributed by atoms with van der Waals surface area (Å²) in [5, 5.41) is -1.04. The second-order valence-corrected chi connectivity index (χ2v) is 8.39. The third kappa shape index (κ3) is 2.85. The van der Waals surface area contributed by atoms with Gasteiger partial charge in [-0.3, -0.25) is 0 Å². The number of ether oxygens (including phenoxy) is 1. The van der Waals surface area contributed by atoms with Gasteiger partial charge in [-0.25, -0.2) is 13.2 Å². The fraction of sp³-hybridized carbons (Fsp3) is 0.316. The van der Waals surface area contributed by atoms with Crippen LogP contribution in [0.25, 0.3) is 0 Å². The summed E-state index contributed by atoms with van der Waals surface area (Å²) in [4.78, 5) is 12.6. The van der Waals surface area contributed by atoms with E-state index in [1.54, 1.807) is 25.1 Å². The highest BCUT2D eigenvalue weighted by molar-refractivity contribution is 7.92. The van der Waals surface area contributed by atoms with Gasteiger partial charge >= 0.3 is 5.97 Å². The first kappa shape index (κ1) is 17.6. The molecule has 5 nitrogen and oxygen atoms in total. The molecular formula is C19H21NO4S. The number of esters is 1. The molecule has 2 N–H and O–H groups in total. The molecule has 2 aromatic rings. The molecule has 2 aromatic carbocycles. The minimum atomic E-state index is -3.77. The first-order valence-corrected chi connectivity index (χ1v) is 9.69. The van der Waals surface area contributed by atoms with Gasteiger partial charge in [0.25, 0.3) is 0 Å². The van der Waals surface area contributed by atoms with Crippen LogP contribution in [0.4, 0.5) is 0 Å². The van der Waals surface area contributed by atoms with Gasteiger partial charge in [0.05, 0.1) is 11.5 Å². The first-order valence-electron chi connectivity index (χ1n) is 8.15. The molecule has 0 radical (unpaired) electrons. The lowest BCUT2D eigenvalue weighted by Gasteiger charge is -2.11. The van der Waals surface area contributed by atoms with Crippen molar-refractivity contribution in [3.8, 4) is 0 Å². The molecular weight excluding hydrogens is 338 g/mol. The standard InChI is InChI=1S/C19H21NO4S/c1-3-24-18(21)19(20)16(14-11-9-13(2)10-12-14)17(19)25(22,23)15-7-5-4-6-8-15/h4-12,16-17H,3,20H2,1-2H3/t16-,17+,19+/m1/s1. The summed E-state index contributed by atoms with van der Waals surface area (Å²) in [6, 6.07) is 15.5. The fourth-order valence-corrected chi connectivity index (χ4v) is 5.54. The van der Waals surface area contributed by atoms with E-state index in [0.717, 1.165) is 11.1 Å². The van der Waals surface area contributed by atoms with Crippen LogP contribution in [-0.4, -0.2) is 31.8 Å². The normalized spacial score (nSPS) is 25.4. The Labute approximate surface area is 147 Å². The van der Waals surface area contributed by atoms with E-state index in [-0.39, 0.29) is 11.5 Å². The van der Waals surface area contributed by atoms with E-state index in [1.807, 2.05) is 31.2 Å². The van der Waals surface area contributed by atoms with Crippen LogP contribution < -0.4 is 5.73 Å². The number of hydrogen-bond donors (Lipinski definition) is 1. The Kier molecular flexibility index (Phi) is 4.43. The second kappa shape index (κ2) is 6.28. The largest absolute Gasteiger partial charge is 0.465 e. The molecule has 0 aromatic heterocycles. The molecule has 0 spiro atoms. The van der Waals surface area contributed by atoms with Crippen molar-refractivity contribution >= 4 is 15.8 Å². The Morgan fingerprint density at radius 2 is 1.72 bits per heavy atom. The first-order chi connectivity index (χ1) is 11.8. The average Bonchev–Trinajstić information content (AvgIpc) is 3.25. The van der Waals surface area contributed by atoms with E-state index in [2.05, 4.69) is 0 Å². The number of nitrogens with two attached hydrogens (primary N) is 1. The van der Waals surface area contributed by atoms with Crippen molar-refractivity contribution in [1.82, 2.24) is 0 Å². The van der Waals surface area contributed by atoms with Crippen LogP contribution >= 0.6 is 0 Å². The quantitative estimate of drug-likeness (QED) is 0.827. The number of carbonyl (C=O) groups is 1. The Bertz CT molecular complexity index is 877. The predicted octanol–water partition coefficient (Wildman–Crippen LogP) is 2.20. The zero-order valence-electron chi connectivity index (χ0n) is 14.2. The minimum absolute atomic E-state index is 0.149. The van der Waals surface area contributed by atoms with Gasteiger partial charge < -0.3 is 10.5 Å². The molecule has 1 aliphatic carbocycles.